The van der Waals surface area contributed by atoms with Gasteiger partial charge in [0, 0.05) is 35.5 Å². The summed E-state index contributed by atoms with van der Waals surface area (Å²) in [7, 11) is -2.43. The molecule has 4 atom stereocenters. The highest BCUT2D eigenvalue weighted by atomic mass is 32.2. The highest BCUT2D eigenvalue weighted by Gasteiger charge is 2.64. The molecule has 7 rings (SSSR count). The summed E-state index contributed by atoms with van der Waals surface area (Å²) >= 11 is 0. The number of carbonyl (C=O) groups excluding carboxylic acids is 3. The summed E-state index contributed by atoms with van der Waals surface area (Å²) in [5.41, 5.74) is 0.899. The summed E-state index contributed by atoms with van der Waals surface area (Å²) in [4.78, 5) is 62.1. The second-order valence-electron chi connectivity index (χ2n) is 15.8. The first kappa shape index (κ1) is 36.4. The summed E-state index contributed by atoms with van der Waals surface area (Å²) in [5, 5.41) is 12.0. The predicted molar refractivity (Wildman–Crippen MR) is 195 cm³/mol. The molecular weight excluding hydrogens is 703 g/mol. The number of carbonyl (C=O) groups is 4. The van der Waals surface area contributed by atoms with Gasteiger partial charge >= 0.3 is 12.1 Å². The topological polar surface area (TPSA) is 185 Å². The van der Waals surface area contributed by atoms with Crippen molar-refractivity contribution in [3.05, 3.63) is 54.6 Å². The Balaban J connectivity index is 1.25. The number of amides is 5. The molecule has 1 aliphatic heterocycles. The zero-order chi connectivity index (χ0) is 37.9. The SMILES string of the molecule is COc1ccc2c(OC3CC(C(=O)N(C(=O)NS(=O)(=O)C4CC4)C4CC45CCC5)N(C(=O)C(NC(=O)O)C(C)(C)C)C3)cc(-c3ccccc3)nc2c1. The maximum Gasteiger partial charge on any atom is 0.405 e. The van der Waals surface area contributed by atoms with Crippen LogP contribution in [0.2, 0.25) is 0 Å². The lowest BCUT2D eigenvalue weighted by Crippen LogP contribution is -2.59. The van der Waals surface area contributed by atoms with E-state index in [1.807, 2.05) is 36.4 Å². The Morgan fingerprint density at radius 1 is 1.06 bits per heavy atom. The first-order valence-electron chi connectivity index (χ1n) is 18.0. The normalized spacial score (nSPS) is 22.4. The van der Waals surface area contributed by atoms with Crippen molar-refractivity contribution in [3.63, 3.8) is 0 Å². The molecule has 0 radical (unpaired) electrons. The van der Waals surface area contributed by atoms with Gasteiger partial charge in [0.1, 0.15) is 29.7 Å². The Hall–Kier alpha value is -4.92. The molecule has 3 aliphatic carbocycles. The van der Waals surface area contributed by atoms with E-state index in [-0.39, 0.29) is 18.4 Å². The van der Waals surface area contributed by atoms with E-state index in [0.717, 1.165) is 29.7 Å². The molecule has 1 spiro atoms. The molecule has 3 aromatic rings. The number of rotatable bonds is 10. The maximum absolute atomic E-state index is 14.8. The standard InChI is InChI=1S/C38H45N5O9S/c1-37(2,3)32(40-36(47)48)34(45)42-21-24(52-30-19-27(22-9-6-5-7-10-22)39-28-17-23(51-4)11-14-26(28)30)18-29(42)33(44)43(31-20-38(31)15-8-16-38)35(46)41-53(49,50)25-12-13-25/h5-7,9-11,14,17,19,24-25,29,31-32,40H,8,12-13,15-16,18,20-21H2,1-4H3,(H,41,46)(H,47,48). The number of imide groups is 1. The Morgan fingerprint density at radius 3 is 2.36 bits per heavy atom. The maximum atomic E-state index is 14.8. The van der Waals surface area contributed by atoms with E-state index in [9.17, 15) is 32.7 Å². The molecule has 4 unspecified atom stereocenters. The van der Waals surface area contributed by atoms with Gasteiger partial charge in [-0.2, -0.15) is 0 Å². The summed E-state index contributed by atoms with van der Waals surface area (Å²) in [6, 6.07) is 12.7. The summed E-state index contributed by atoms with van der Waals surface area (Å²) in [5.74, 6) is -0.341. The van der Waals surface area contributed by atoms with Gasteiger partial charge in [-0.05, 0) is 55.1 Å². The van der Waals surface area contributed by atoms with E-state index in [0.29, 0.717) is 47.4 Å². The Kier molecular flexibility index (Phi) is 9.28. The number of urea groups is 1. The van der Waals surface area contributed by atoms with Crippen LogP contribution in [0.25, 0.3) is 22.2 Å². The molecule has 5 amide bonds. The number of likely N-dealkylation sites (tertiary alicyclic amines) is 1. The van der Waals surface area contributed by atoms with E-state index in [1.165, 1.54) is 4.90 Å². The second-order valence-corrected chi connectivity index (χ2v) is 17.7. The number of methoxy groups -OCH3 is 1. The molecule has 4 aliphatic rings. The van der Waals surface area contributed by atoms with Gasteiger partial charge in [-0.1, -0.05) is 57.5 Å². The number of benzene rings is 2. The molecule has 1 aromatic heterocycles. The van der Waals surface area contributed by atoms with Gasteiger partial charge in [0.25, 0.3) is 5.91 Å². The van der Waals surface area contributed by atoms with E-state index >= 15 is 0 Å². The lowest BCUT2D eigenvalue weighted by atomic mass is 9.81. The third-order valence-electron chi connectivity index (χ3n) is 11.0. The van der Waals surface area contributed by atoms with Gasteiger partial charge in [0.05, 0.1) is 30.1 Å². The number of fused-ring (bicyclic) bond motifs is 1. The number of pyridine rings is 1. The van der Waals surface area contributed by atoms with Crippen LogP contribution in [0.3, 0.4) is 0 Å². The molecule has 53 heavy (non-hydrogen) atoms. The van der Waals surface area contributed by atoms with Crippen molar-refractivity contribution in [1.82, 2.24) is 24.8 Å². The molecule has 2 aromatic carbocycles. The van der Waals surface area contributed by atoms with Crippen LogP contribution in [0.4, 0.5) is 9.59 Å². The average molecular weight is 748 g/mol. The number of hydrogen-bond donors (Lipinski definition) is 3. The Bertz CT molecular complexity index is 2060. The van der Waals surface area contributed by atoms with Crippen molar-refractivity contribution in [3.8, 4) is 22.8 Å². The average Bonchev–Trinajstić information content (AvgIpc) is 4.02. The molecule has 1 saturated heterocycles. The first-order valence-corrected chi connectivity index (χ1v) is 19.5. The van der Waals surface area contributed by atoms with Crippen molar-refractivity contribution in [2.24, 2.45) is 10.8 Å². The quantitative estimate of drug-likeness (QED) is 0.257. The zero-order valence-electron chi connectivity index (χ0n) is 30.2. The molecule has 2 heterocycles. The first-order chi connectivity index (χ1) is 25.1. The fourth-order valence-corrected chi connectivity index (χ4v) is 8.95. The zero-order valence-corrected chi connectivity index (χ0v) is 31.0. The molecule has 3 N–H and O–H groups in total. The van der Waals surface area contributed by atoms with Crippen molar-refractivity contribution in [1.29, 1.82) is 0 Å². The molecule has 4 fully saturated rings. The number of ether oxygens (including phenoxy) is 2. The number of hydrogen-bond acceptors (Lipinski definition) is 9. The number of nitrogens with one attached hydrogen (secondary N) is 2. The lowest BCUT2D eigenvalue weighted by Gasteiger charge is -2.36. The van der Waals surface area contributed by atoms with Gasteiger partial charge in [-0.15, -0.1) is 0 Å². The molecule has 14 nitrogen and oxygen atoms in total. The van der Waals surface area contributed by atoms with Crippen LogP contribution < -0.4 is 19.5 Å². The van der Waals surface area contributed by atoms with Crippen LogP contribution in [0.5, 0.6) is 11.5 Å². The van der Waals surface area contributed by atoms with Crippen molar-refractivity contribution in [2.45, 2.75) is 95.2 Å². The minimum absolute atomic E-state index is 0.0337. The van der Waals surface area contributed by atoms with Crippen LogP contribution in [-0.4, -0.2) is 95.4 Å². The highest BCUT2D eigenvalue weighted by Crippen LogP contribution is 2.63. The Labute approximate surface area is 308 Å². The van der Waals surface area contributed by atoms with Crippen molar-refractivity contribution >= 4 is 44.9 Å². The van der Waals surface area contributed by atoms with Gasteiger partial charge in [0.2, 0.25) is 15.9 Å². The smallest absolute Gasteiger partial charge is 0.405 e. The van der Waals surface area contributed by atoms with Crippen molar-refractivity contribution < 1.29 is 42.2 Å². The van der Waals surface area contributed by atoms with E-state index in [2.05, 4.69) is 10.0 Å². The monoisotopic (exact) mass is 747 g/mol. The van der Waals surface area contributed by atoms with E-state index in [1.54, 1.807) is 46.1 Å². The summed E-state index contributed by atoms with van der Waals surface area (Å²) < 4.78 is 40.1. The number of aromatic nitrogens is 1. The summed E-state index contributed by atoms with van der Waals surface area (Å²) in [6.45, 7) is 5.03. The number of carboxylic acid groups (broad SMARTS) is 1. The van der Waals surface area contributed by atoms with Crippen LogP contribution >= 0.6 is 0 Å². The van der Waals surface area contributed by atoms with Crippen LogP contribution in [0, 0.1) is 10.8 Å². The van der Waals surface area contributed by atoms with Crippen molar-refractivity contribution in [2.75, 3.05) is 13.7 Å². The van der Waals surface area contributed by atoms with Crippen LogP contribution in [-0.2, 0) is 19.6 Å². The third-order valence-corrected chi connectivity index (χ3v) is 12.8. The minimum atomic E-state index is -3.99. The Morgan fingerprint density at radius 2 is 1.77 bits per heavy atom. The number of nitrogens with zero attached hydrogens (tertiary/aromatic N) is 3. The fraction of sp³-hybridized carbons (Fsp3) is 0.500. The largest absolute Gasteiger partial charge is 0.497 e. The third kappa shape index (κ3) is 7.22. The van der Waals surface area contributed by atoms with E-state index < -0.39 is 68.9 Å². The van der Waals surface area contributed by atoms with Crippen LogP contribution in [0.1, 0.15) is 65.7 Å². The number of sulfonamides is 1. The predicted octanol–water partition coefficient (Wildman–Crippen LogP) is 4.91. The minimum Gasteiger partial charge on any atom is -0.497 e. The van der Waals surface area contributed by atoms with Gasteiger partial charge in [-0.3, -0.25) is 14.5 Å². The fourth-order valence-electron chi connectivity index (χ4n) is 7.68. The van der Waals surface area contributed by atoms with E-state index in [4.69, 9.17) is 14.5 Å². The second kappa shape index (κ2) is 13.5. The molecule has 3 saturated carbocycles. The van der Waals surface area contributed by atoms with Gasteiger partial charge < -0.3 is 24.8 Å². The summed E-state index contributed by atoms with van der Waals surface area (Å²) in [6.07, 6.45) is 1.76. The van der Waals surface area contributed by atoms with Crippen LogP contribution in [0.15, 0.2) is 54.6 Å². The molecular formula is C38H45N5O9S. The highest BCUT2D eigenvalue weighted by molar-refractivity contribution is 7.90. The molecule has 15 heteroatoms. The van der Waals surface area contributed by atoms with Gasteiger partial charge in [0.15, 0.2) is 0 Å². The van der Waals surface area contributed by atoms with Gasteiger partial charge in [-0.25, -0.2) is 27.7 Å². The molecule has 282 valence electrons. The molecule has 0 bridgehead atoms. The lowest BCUT2D eigenvalue weighted by molar-refractivity contribution is -0.145.